The number of hydrogen-bond acceptors (Lipinski definition) is 8. The maximum atomic E-state index is 9.53. The molecule has 84 valence electrons. The van der Waals surface area contributed by atoms with E-state index in [4.69, 9.17) is 0 Å². The van der Waals surface area contributed by atoms with Gasteiger partial charge in [-0.1, -0.05) is 0 Å². The van der Waals surface area contributed by atoms with E-state index in [0.717, 1.165) is 0 Å². The number of thiol groups is 3. The first-order chi connectivity index (χ1) is 6.58. The van der Waals surface area contributed by atoms with Crippen LogP contribution >= 0.6 is 38.7 Å². The van der Waals surface area contributed by atoms with Crippen LogP contribution in [0.15, 0.2) is 11.5 Å². The number of aliphatic hydroxyl groups excluding tert-OH is 2. The van der Waals surface area contributed by atoms with Gasteiger partial charge in [0.05, 0.1) is 0 Å². The Hall–Kier alpha value is 0.270. The molecule has 0 saturated carbocycles. The molecule has 2 N–H and O–H groups in total. The monoisotopic (exact) mass is 260 g/mol. The Labute approximate surface area is 98.9 Å². The van der Waals surface area contributed by atoms with Crippen molar-refractivity contribution in [2.45, 2.75) is 19.1 Å². The van der Waals surface area contributed by atoms with Crippen molar-refractivity contribution < 1.29 is 22.8 Å². The molecule has 0 aliphatic carbocycles. The molecule has 2 atom stereocenters. The summed E-state index contributed by atoms with van der Waals surface area (Å²) in [4.78, 5) is 0. The second-order valence-corrected chi connectivity index (χ2v) is 3.08. The van der Waals surface area contributed by atoms with Crippen LogP contribution in [-0.4, -0.2) is 29.0 Å². The first kappa shape index (κ1) is 14.3. The topological polar surface area (TPSA) is 68.2 Å². The van der Waals surface area contributed by atoms with Crippen LogP contribution in [0.1, 0.15) is 6.92 Å². The van der Waals surface area contributed by atoms with Crippen LogP contribution in [-0.2, 0) is 12.5 Å². The molecule has 0 aromatic carbocycles. The molecule has 0 aromatic heterocycles. The normalized spacial score (nSPS) is 17.2. The molecule has 0 radical (unpaired) electrons. The largest absolute Gasteiger partial charge is 0.506 e. The van der Waals surface area contributed by atoms with E-state index in [2.05, 4.69) is 51.3 Å². The molecule has 0 bridgehead atoms. The standard InChI is InChI=1S/C6H12O5S3/c1-3(10-13)5(8)6(11-14)4(7)2-9-12/h3,5,7-8,12-14H,2H2,1H3/b6-4+. The highest BCUT2D eigenvalue weighted by molar-refractivity contribution is 7.75. The van der Waals surface area contributed by atoms with E-state index in [0.29, 0.717) is 0 Å². The number of hydrogen-bond donors (Lipinski definition) is 5. The van der Waals surface area contributed by atoms with Crippen LogP contribution in [0, 0.1) is 0 Å². The van der Waals surface area contributed by atoms with Crippen LogP contribution in [0.25, 0.3) is 0 Å². The Kier molecular flexibility index (Phi) is 7.69. The van der Waals surface area contributed by atoms with Crippen molar-refractivity contribution >= 4 is 38.7 Å². The summed E-state index contributed by atoms with van der Waals surface area (Å²) in [5, 5.41) is 18.8. The first-order valence-electron chi connectivity index (χ1n) is 3.56. The van der Waals surface area contributed by atoms with E-state index < -0.39 is 12.2 Å². The lowest BCUT2D eigenvalue weighted by Gasteiger charge is -2.18. The van der Waals surface area contributed by atoms with E-state index in [1.54, 1.807) is 6.92 Å². The Bertz CT molecular complexity index is 198. The van der Waals surface area contributed by atoms with Gasteiger partial charge in [0, 0.05) is 12.9 Å². The summed E-state index contributed by atoms with van der Waals surface area (Å²) >= 11 is 10.4. The molecule has 0 amide bonds. The Morgan fingerprint density at radius 1 is 1.36 bits per heavy atom. The molecule has 5 nitrogen and oxygen atoms in total. The van der Waals surface area contributed by atoms with Crippen molar-refractivity contribution in [2.24, 2.45) is 0 Å². The van der Waals surface area contributed by atoms with Gasteiger partial charge in [0.2, 0.25) is 0 Å². The quantitative estimate of drug-likeness (QED) is 0.281. The molecule has 0 aliphatic rings. The molecule has 0 heterocycles. The van der Waals surface area contributed by atoms with Crippen molar-refractivity contribution in [1.82, 2.24) is 0 Å². The van der Waals surface area contributed by atoms with Gasteiger partial charge >= 0.3 is 0 Å². The molecule has 14 heavy (non-hydrogen) atoms. The molecular formula is C6H12O5S3. The van der Waals surface area contributed by atoms with Crippen LogP contribution in [0.4, 0.5) is 0 Å². The van der Waals surface area contributed by atoms with Crippen LogP contribution < -0.4 is 0 Å². The van der Waals surface area contributed by atoms with Gasteiger partial charge < -0.3 is 22.8 Å². The van der Waals surface area contributed by atoms with Gasteiger partial charge in [-0.3, -0.25) is 0 Å². The third kappa shape index (κ3) is 4.20. The van der Waals surface area contributed by atoms with Gasteiger partial charge in [-0.25, -0.2) is 0 Å². The molecule has 0 aromatic rings. The van der Waals surface area contributed by atoms with Crippen molar-refractivity contribution in [2.75, 3.05) is 6.61 Å². The summed E-state index contributed by atoms with van der Waals surface area (Å²) in [7, 11) is 0. The Morgan fingerprint density at radius 3 is 2.29 bits per heavy atom. The second kappa shape index (κ2) is 7.55. The zero-order valence-corrected chi connectivity index (χ0v) is 10.0. The molecule has 0 fully saturated rings. The predicted molar refractivity (Wildman–Crippen MR) is 60.2 cm³/mol. The van der Waals surface area contributed by atoms with Gasteiger partial charge in [-0.15, -0.1) is 0 Å². The smallest absolute Gasteiger partial charge is 0.184 e. The van der Waals surface area contributed by atoms with Crippen molar-refractivity contribution in [1.29, 1.82) is 0 Å². The second-order valence-electron chi connectivity index (χ2n) is 2.43. The van der Waals surface area contributed by atoms with Crippen LogP contribution in [0.2, 0.25) is 0 Å². The molecule has 0 saturated heterocycles. The summed E-state index contributed by atoms with van der Waals surface area (Å²) in [6, 6.07) is 0. The number of rotatable bonds is 6. The molecule has 0 spiro atoms. The fourth-order valence-corrected chi connectivity index (χ4v) is 1.13. The lowest BCUT2D eigenvalue weighted by Crippen LogP contribution is -2.27. The highest BCUT2D eigenvalue weighted by Crippen LogP contribution is 2.17. The average molecular weight is 260 g/mol. The van der Waals surface area contributed by atoms with Gasteiger partial charge in [-0.05, 0) is 32.7 Å². The van der Waals surface area contributed by atoms with E-state index in [-0.39, 0.29) is 18.1 Å². The third-order valence-electron chi connectivity index (χ3n) is 1.46. The highest BCUT2D eigenvalue weighted by atomic mass is 32.1. The Morgan fingerprint density at radius 2 is 1.93 bits per heavy atom. The van der Waals surface area contributed by atoms with E-state index in [1.165, 1.54) is 0 Å². The summed E-state index contributed by atoms with van der Waals surface area (Å²) < 4.78 is 13.4. The zero-order valence-electron chi connectivity index (χ0n) is 7.32. The molecule has 2 unspecified atom stereocenters. The fourth-order valence-electron chi connectivity index (χ4n) is 0.680. The molecule has 8 heteroatoms. The zero-order chi connectivity index (χ0) is 11.1. The van der Waals surface area contributed by atoms with E-state index in [1.807, 2.05) is 0 Å². The summed E-state index contributed by atoms with van der Waals surface area (Å²) in [5.74, 6) is -0.483. The van der Waals surface area contributed by atoms with E-state index in [9.17, 15) is 10.2 Å². The lowest BCUT2D eigenvalue weighted by molar-refractivity contribution is 0.0580. The van der Waals surface area contributed by atoms with Crippen molar-refractivity contribution in [3.8, 4) is 0 Å². The maximum absolute atomic E-state index is 9.53. The lowest BCUT2D eigenvalue weighted by atomic mass is 10.2. The predicted octanol–water partition coefficient (Wildman–Crippen LogP) is 1.09. The van der Waals surface area contributed by atoms with Crippen LogP contribution in [0.5, 0.6) is 0 Å². The van der Waals surface area contributed by atoms with Crippen molar-refractivity contribution in [3.05, 3.63) is 11.5 Å². The molecular weight excluding hydrogens is 248 g/mol. The minimum absolute atomic E-state index is 0.163. The minimum Gasteiger partial charge on any atom is -0.506 e. The summed E-state index contributed by atoms with van der Waals surface area (Å²) in [6.45, 7) is 1.33. The van der Waals surface area contributed by atoms with Gasteiger partial charge in [0.25, 0.3) is 0 Å². The summed E-state index contributed by atoms with van der Waals surface area (Å²) in [6.07, 6.45) is -1.85. The maximum Gasteiger partial charge on any atom is 0.184 e. The third-order valence-corrected chi connectivity index (χ3v) is 2.12. The first-order valence-corrected chi connectivity index (χ1v) is 4.66. The van der Waals surface area contributed by atoms with Crippen LogP contribution in [0.3, 0.4) is 0 Å². The summed E-state index contributed by atoms with van der Waals surface area (Å²) in [5.41, 5.74) is 0. The highest BCUT2D eigenvalue weighted by Gasteiger charge is 2.24. The van der Waals surface area contributed by atoms with Gasteiger partial charge in [0.1, 0.15) is 18.8 Å². The number of aliphatic hydroxyl groups is 2. The Balaban J connectivity index is 4.60. The van der Waals surface area contributed by atoms with E-state index >= 15 is 0 Å². The molecule has 0 rings (SSSR count). The van der Waals surface area contributed by atoms with Gasteiger partial charge in [0.15, 0.2) is 11.5 Å². The fraction of sp³-hybridized carbons (Fsp3) is 0.667. The van der Waals surface area contributed by atoms with Gasteiger partial charge in [-0.2, -0.15) is 0 Å². The average Bonchev–Trinajstić information content (AvgIpc) is 2.18. The minimum atomic E-state index is -1.19. The van der Waals surface area contributed by atoms with Crippen molar-refractivity contribution in [3.63, 3.8) is 0 Å². The SMILES string of the molecule is CC(OS)C(O)/C(OS)=C(\O)COS. The molecule has 0 aliphatic heterocycles.